The fraction of sp³-hybridized carbons (Fsp3) is 0.588. The summed E-state index contributed by atoms with van der Waals surface area (Å²) >= 11 is 6.29. The molecular formula is C17H22ClN3. The second-order valence-electron chi connectivity index (χ2n) is 6.21. The zero-order valence-corrected chi connectivity index (χ0v) is 13.0. The van der Waals surface area contributed by atoms with Gasteiger partial charge in [-0.2, -0.15) is 5.26 Å². The minimum absolute atomic E-state index is 0.492. The molecule has 21 heavy (non-hydrogen) atoms. The van der Waals surface area contributed by atoms with Crippen molar-refractivity contribution in [2.24, 2.45) is 5.92 Å². The van der Waals surface area contributed by atoms with Gasteiger partial charge in [0.25, 0.3) is 0 Å². The van der Waals surface area contributed by atoms with E-state index < -0.39 is 0 Å². The molecular weight excluding hydrogens is 282 g/mol. The van der Waals surface area contributed by atoms with Crippen molar-refractivity contribution in [1.82, 2.24) is 5.32 Å². The van der Waals surface area contributed by atoms with Gasteiger partial charge in [-0.15, -0.1) is 0 Å². The molecule has 0 bridgehead atoms. The average molecular weight is 304 g/mol. The third kappa shape index (κ3) is 3.33. The van der Waals surface area contributed by atoms with Crippen LogP contribution in [-0.2, 0) is 0 Å². The lowest BCUT2D eigenvalue weighted by molar-refractivity contribution is 0.286. The van der Waals surface area contributed by atoms with Crippen molar-refractivity contribution in [3.05, 3.63) is 28.8 Å². The standard InChI is InChI=1S/C17H22ClN3/c18-14-10-12(11-19)7-8-17(14)21-16-6-3-4-13(16)15-5-1-2-9-20-15/h7-8,10,13,15-16,20-21H,1-6,9H2. The number of rotatable bonds is 3. The van der Waals surface area contributed by atoms with E-state index >= 15 is 0 Å². The summed E-state index contributed by atoms with van der Waals surface area (Å²) in [5.41, 5.74) is 1.57. The van der Waals surface area contributed by atoms with Crippen LogP contribution in [0.25, 0.3) is 0 Å². The number of piperidine rings is 1. The van der Waals surface area contributed by atoms with Gasteiger partial charge in [0.15, 0.2) is 0 Å². The summed E-state index contributed by atoms with van der Waals surface area (Å²) in [6.45, 7) is 1.16. The number of halogens is 1. The number of hydrogen-bond donors (Lipinski definition) is 2. The summed E-state index contributed by atoms with van der Waals surface area (Å²) in [6.07, 6.45) is 7.74. The largest absolute Gasteiger partial charge is 0.381 e. The molecule has 0 spiro atoms. The molecule has 3 nitrogen and oxygen atoms in total. The van der Waals surface area contributed by atoms with Gasteiger partial charge in [-0.1, -0.05) is 24.4 Å². The minimum Gasteiger partial charge on any atom is -0.381 e. The smallest absolute Gasteiger partial charge is 0.0992 e. The molecule has 112 valence electrons. The van der Waals surface area contributed by atoms with Crippen LogP contribution in [0.4, 0.5) is 5.69 Å². The highest BCUT2D eigenvalue weighted by atomic mass is 35.5. The normalized spacial score (nSPS) is 29.0. The number of nitrogens with one attached hydrogen (secondary N) is 2. The number of anilines is 1. The Balaban J connectivity index is 1.70. The summed E-state index contributed by atoms with van der Waals surface area (Å²) in [4.78, 5) is 0. The predicted molar refractivity (Wildman–Crippen MR) is 86.6 cm³/mol. The molecule has 2 aliphatic rings. The van der Waals surface area contributed by atoms with E-state index in [-0.39, 0.29) is 0 Å². The first-order valence-electron chi connectivity index (χ1n) is 7.97. The molecule has 3 rings (SSSR count). The molecule has 1 aromatic rings. The Morgan fingerprint density at radius 2 is 2.10 bits per heavy atom. The maximum Gasteiger partial charge on any atom is 0.0992 e. The number of nitriles is 1. The van der Waals surface area contributed by atoms with Crippen LogP contribution in [0, 0.1) is 17.2 Å². The van der Waals surface area contributed by atoms with Gasteiger partial charge < -0.3 is 10.6 Å². The van der Waals surface area contributed by atoms with Gasteiger partial charge in [-0.05, 0) is 56.3 Å². The van der Waals surface area contributed by atoms with Gasteiger partial charge in [0.2, 0.25) is 0 Å². The van der Waals surface area contributed by atoms with E-state index in [0.717, 1.165) is 12.2 Å². The predicted octanol–water partition coefficient (Wildman–Crippen LogP) is 3.93. The first-order chi connectivity index (χ1) is 10.3. The molecule has 4 heteroatoms. The first-order valence-corrected chi connectivity index (χ1v) is 8.35. The van der Waals surface area contributed by atoms with Crippen LogP contribution in [-0.4, -0.2) is 18.6 Å². The maximum absolute atomic E-state index is 8.91. The van der Waals surface area contributed by atoms with Crippen LogP contribution in [0.3, 0.4) is 0 Å². The lowest BCUT2D eigenvalue weighted by Crippen LogP contribution is -2.44. The van der Waals surface area contributed by atoms with Crippen LogP contribution in [0.2, 0.25) is 5.02 Å². The zero-order chi connectivity index (χ0) is 14.7. The average Bonchev–Trinajstić information content (AvgIpc) is 2.98. The highest BCUT2D eigenvalue weighted by Gasteiger charge is 2.34. The van der Waals surface area contributed by atoms with Gasteiger partial charge in [-0.25, -0.2) is 0 Å². The Labute approximate surface area is 131 Å². The van der Waals surface area contributed by atoms with E-state index in [9.17, 15) is 0 Å². The summed E-state index contributed by atoms with van der Waals surface area (Å²) < 4.78 is 0. The van der Waals surface area contributed by atoms with Crippen molar-refractivity contribution < 1.29 is 0 Å². The highest BCUT2D eigenvalue weighted by Crippen LogP contribution is 2.35. The molecule has 1 saturated carbocycles. The van der Waals surface area contributed by atoms with E-state index in [1.807, 2.05) is 12.1 Å². The molecule has 1 saturated heterocycles. The molecule has 1 aliphatic heterocycles. The van der Waals surface area contributed by atoms with Crippen molar-refractivity contribution in [3.8, 4) is 6.07 Å². The number of nitrogens with zero attached hydrogens (tertiary/aromatic N) is 1. The molecule has 0 aromatic heterocycles. The van der Waals surface area contributed by atoms with E-state index in [0.29, 0.717) is 28.6 Å². The van der Waals surface area contributed by atoms with Gasteiger partial charge >= 0.3 is 0 Å². The van der Waals surface area contributed by atoms with Gasteiger partial charge in [-0.3, -0.25) is 0 Å². The zero-order valence-electron chi connectivity index (χ0n) is 12.2. The van der Waals surface area contributed by atoms with Crippen molar-refractivity contribution >= 4 is 17.3 Å². The molecule has 3 unspecified atom stereocenters. The Morgan fingerprint density at radius 1 is 1.19 bits per heavy atom. The van der Waals surface area contributed by atoms with Crippen LogP contribution < -0.4 is 10.6 Å². The minimum atomic E-state index is 0.492. The Hall–Kier alpha value is -1.24. The molecule has 3 atom stereocenters. The monoisotopic (exact) mass is 303 g/mol. The van der Waals surface area contributed by atoms with Crippen molar-refractivity contribution in [3.63, 3.8) is 0 Å². The Kier molecular flexibility index (Phi) is 4.67. The SMILES string of the molecule is N#Cc1ccc(NC2CCCC2C2CCCCN2)c(Cl)c1. The van der Waals surface area contributed by atoms with Gasteiger partial charge in [0, 0.05) is 12.1 Å². The van der Waals surface area contributed by atoms with Crippen LogP contribution in [0.5, 0.6) is 0 Å². The van der Waals surface area contributed by atoms with Crippen LogP contribution >= 0.6 is 11.6 Å². The molecule has 2 fully saturated rings. The molecule has 1 aromatic carbocycles. The summed E-state index contributed by atoms with van der Waals surface area (Å²) in [6, 6.07) is 8.78. The Bertz CT molecular complexity index is 531. The third-order valence-corrected chi connectivity index (χ3v) is 5.19. The molecule has 2 N–H and O–H groups in total. The van der Waals surface area contributed by atoms with Crippen molar-refractivity contribution in [1.29, 1.82) is 5.26 Å². The fourth-order valence-electron chi connectivity index (χ4n) is 3.80. The van der Waals surface area contributed by atoms with E-state index in [4.69, 9.17) is 16.9 Å². The van der Waals surface area contributed by atoms with Gasteiger partial charge in [0.1, 0.15) is 0 Å². The lowest BCUT2D eigenvalue weighted by Gasteiger charge is -2.33. The van der Waals surface area contributed by atoms with E-state index in [1.165, 1.54) is 38.5 Å². The van der Waals surface area contributed by atoms with E-state index in [2.05, 4.69) is 16.7 Å². The number of hydrogen-bond acceptors (Lipinski definition) is 3. The summed E-state index contributed by atoms with van der Waals surface area (Å²) in [5.74, 6) is 0.692. The fourth-order valence-corrected chi connectivity index (χ4v) is 4.03. The summed E-state index contributed by atoms with van der Waals surface area (Å²) in [5, 5.41) is 16.9. The third-order valence-electron chi connectivity index (χ3n) is 4.87. The number of benzene rings is 1. The molecule has 1 heterocycles. The molecule has 1 aliphatic carbocycles. The van der Waals surface area contributed by atoms with Crippen molar-refractivity contribution in [2.75, 3.05) is 11.9 Å². The molecule has 0 radical (unpaired) electrons. The van der Waals surface area contributed by atoms with Crippen LogP contribution in [0.15, 0.2) is 18.2 Å². The molecule has 0 amide bonds. The quantitative estimate of drug-likeness (QED) is 0.889. The lowest BCUT2D eigenvalue weighted by atomic mass is 9.88. The van der Waals surface area contributed by atoms with Crippen LogP contribution in [0.1, 0.15) is 44.1 Å². The topological polar surface area (TPSA) is 47.9 Å². The first kappa shape index (κ1) is 14.7. The maximum atomic E-state index is 8.91. The second kappa shape index (κ2) is 6.68. The van der Waals surface area contributed by atoms with Gasteiger partial charge in [0.05, 0.1) is 22.3 Å². The van der Waals surface area contributed by atoms with Crippen molar-refractivity contribution in [2.45, 2.75) is 50.6 Å². The Morgan fingerprint density at radius 3 is 2.81 bits per heavy atom. The highest BCUT2D eigenvalue weighted by molar-refractivity contribution is 6.33. The summed E-state index contributed by atoms with van der Waals surface area (Å²) in [7, 11) is 0. The second-order valence-corrected chi connectivity index (χ2v) is 6.62. The van der Waals surface area contributed by atoms with E-state index in [1.54, 1.807) is 6.07 Å².